The lowest BCUT2D eigenvalue weighted by Crippen LogP contribution is -2.27. The first-order valence-corrected chi connectivity index (χ1v) is 5.63. The van der Waals surface area contributed by atoms with Crippen molar-refractivity contribution in [3.63, 3.8) is 0 Å². The third-order valence-electron chi connectivity index (χ3n) is 2.81. The Balaban J connectivity index is 2.15. The average molecular weight is 247 g/mol. The summed E-state index contributed by atoms with van der Waals surface area (Å²) in [6, 6.07) is 3.99. The van der Waals surface area contributed by atoms with Crippen LogP contribution in [0.25, 0.3) is 0 Å². The van der Waals surface area contributed by atoms with Crippen molar-refractivity contribution in [1.82, 2.24) is 15.5 Å². The maximum atomic E-state index is 13.1. The summed E-state index contributed by atoms with van der Waals surface area (Å²) < 4.78 is 13.1. The molecule has 1 aromatic carbocycles. The average Bonchev–Trinajstić information content (AvgIpc) is 2.85. The summed E-state index contributed by atoms with van der Waals surface area (Å²) in [5.74, 6) is -0.706. The van der Waals surface area contributed by atoms with Crippen molar-refractivity contribution in [3.05, 3.63) is 53.1 Å². The molecule has 2 rings (SSSR count). The lowest BCUT2D eigenvalue weighted by molar-refractivity contribution is 0.0939. The molecule has 2 aromatic rings. The van der Waals surface area contributed by atoms with Crippen LogP contribution in [0.2, 0.25) is 0 Å². The lowest BCUT2D eigenvalue weighted by Gasteiger charge is -2.13. The maximum Gasteiger partial charge on any atom is 0.252 e. The number of halogens is 1. The quantitative estimate of drug-likeness (QED) is 0.874. The Kier molecular flexibility index (Phi) is 3.41. The fourth-order valence-corrected chi connectivity index (χ4v) is 1.69. The molecule has 0 aliphatic heterocycles. The molecule has 0 spiro atoms. The number of amides is 1. The fraction of sp³-hybridized carbons (Fsp3) is 0.231. The zero-order valence-electron chi connectivity index (χ0n) is 10.2. The van der Waals surface area contributed by atoms with E-state index in [1.54, 1.807) is 25.4 Å². The Hall–Kier alpha value is -2.17. The van der Waals surface area contributed by atoms with Crippen LogP contribution < -0.4 is 5.32 Å². The molecule has 94 valence electrons. The number of rotatable bonds is 3. The van der Waals surface area contributed by atoms with Crippen LogP contribution in [0.1, 0.15) is 34.5 Å². The Labute approximate surface area is 104 Å². The minimum atomic E-state index is -0.415. The summed E-state index contributed by atoms with van der Waals surface area (Å²) in [5, 5.41) is 9.30. The number of benzene rings is 1. The van der Waals surface area contributed by atoms with Crippen molar-refractivity contribution in [2.24, 2.45) is 0 Å². The van der Waals surface area contributed by atoms with Gasteiger partial charge in [0.05, 0.1) is 12.2 Å². The van der Waals surface area contributed by atoms with Crippen molar-refractivity contribution in [2.75, 3.05) is 0 Å². The Bertz CT molecular complexity index is 551. The molecule has 0 saturated carbocycles. The number of hydrogen-bond donors (Lipinski definition) is 2. The van der Waals surface area contributed by atoms with E-state index in [1.807, 2.05) is 6.92 Å². The molecule has 0 radical (unpaired) electrons. The summed E-state index contributed by atoms with van der Waals surface area (Å²) in [4.78, 5) is 12.0. The van der Waals surface area contributed by atoms with Crippen LogP contribution in [-0.2, 0) is 0 Å². The Morgan fingerprint density at radius 2 is 2.28 bits per heavy atom. The highest BCUT2D eigenvalue weighted by Crippen LogP contribution is 2.14. The standard InChI is InChI=1S/C13H14FN3O/c1-8-3-4-11(14)5-12(8)13(18)17-9(2)10-6-15-16-7-10/h3-7,9H,1-2H3,(H,15,16)(H,17,18). The van der Waals surface area contributed by atoms with E-state index < -0.39 is 5.82 Å². The second-order valence-corrected chi connectivity index (χ2v) is 4.19. The summed E-state index contributed by atoms with van der Waals surface area (Å²) in [6.07, 6.45) is 3.35. The predicted octanol–water partition coefficient (Wildman–Crippen LogP) is 2.35. The molecular formula is C13H14FN3O. The van der Waals surface area contributed by atoms with E-state index in [1.165, 1.54) is 12.1 Å². The molecule has 0 fully saturated rings. The highest BCUT2D eigenvalue weighted by molar-refractivity contribution is 5.95. The summed E-state index contributed by atoms with van der Waals surface area (Å²) >= 11 is 0. The molecule has 1 atom stereocenters. The van der Waals surface area contributed by atoms with Crippen LogP contribution in [0.4, 0.5) is 4.39 Å². The van der Waals surface area contributed by atoms with E-state index in [-0.39, 0.29) is 11.9 Å². The zero-order valence-corrected chi connectivity index (χ0v) is 10.2. The van der Waals surface area contributed by atoms with Crippen LogP contribution in [0, 0.1) is 12.7 Å². The van der Waals surface area contributed by atoms with Crippen LogP contribution >= 0.6 is 0 Å². The number of carbonyl (C=O) groups excluding carboxylic acids is 1. The molecule has 1 amide bonds. The maximum absolute atomic E-state index is 13.1. The van der Waals surface area contributed by atoms with Gasteiger partial charge in [0.15, 0.2) is 0 Å². The van der Waals surface area contributed by atoms with Gasteiger partial charge in [0.2, 0.25) is 0 Å². The van der Waals surface area contributed by atoms with E-state index in [0.717, 1.165) is 11.1 Å². The second kappa shape index (κ2) is 5.00. The van der Waals surface area contributed by atoms with E-state index in [9.17, 15) is 9.18 Å². The minimum Gasteiger partial charge on any atom is -0.345 e. The minimum absolute atomic E-state index is 0.182. The van der Waals surface area contributed by atoms with Gasteiger partial charge in [0.1, 0.15) is 5.82 Å². The van der Waals surface area contributed by atoms with Gasteiger partial charge in [-0.2, -0.15) is 5.10 Å². The van der Waals surface area contributed by atoms with Gasteiger partial charge in [0.25, 0.3) is 5.91 Å². The molecular weight excluding hydrogens is 233 g/mol. The molecule has 1 aromatic heterocycles. The predicted molar refractivity (Wildman–Crippen MR) is 65.6 cm³/mol. The van der Waals surface area contributed by atoms with Gasteiger partial charge in [-0.05, 0) is 31.5 Å². The van der Waals surface area contributed by atoms with Crippen molar-refractivity contribution in [2.45, 2.75) is 19.9 Å². The van der Waals surface area contributed by atoms with Gasteiger partial charge >= 0.3 is 0 Å². The van der Waals surface area contributed by atoms with Crippen molar-refractivity contribution in [3.8, 4) is 0 Å². The molecule has 5 heteroatoms. The Morgan fingerprint density at radius 1 is 1.50 bits per heavy atom. The number of nitrogens with one attached hydrogen (secondary N) is 2. The molecule has 0 aliphatic carbocycles. The van der Waals surface area contributed by atoms with Crippen LogP contribution in [0.5, 0.6) is 0 Å². The van der Waals surface area contributed by atoms with Crippen molar-refractivity contribution < 1.29 is 9.18 Å². The monoisotopic (exact) mass is 247 g/mol. The Morgan fingerprint density at radius 3 is 2.94 bits per heavy atom. The number of aromatic nitrogens is 2. The second-order valence-electron chi connectivity index (χ2n) is 4.19. The smallest absolute Gasteiger partial charge is 0.252 e. The number of H-pyrrole nitrogens is 1. The van der Waals surface area contributed by atoms with Crippen LogP contribution in [-0.4, -0.2) is 16.1 Å². The topological polar surface area (TPSA) is 57.8 Å². The number of aryl methyl sites for hydroxylation is 1. The number of aromatic amines is 1. The third kappa shape index (κ3) is 2.56. The van der Waals surface area contributed by atoms with Gasteiger partial charge in [-0.15, -0.1) is 0 Å². The first-order chi connectivity index (χ1) is 8.58. The van der Waals surface area contributed by atoms with Gasteiger partial charge in [-0.3, -0.25) is 9.89 Å². The normalized spacial score (nSPS) is 12.2. The number of carbonyl (C=O) groups is 1. The number of nitrogens with zero attached hydrogens (tertiary/aromatic N) is 1. The largest absolute Gasteiger partial charge is 0.345 e. The van der Waals surface area contributed by atoms with Crippen LogP contribution in [0.15, 0.2) is 30.6 Å². The van der Waals surface area contributed by atoms with Gasteiger partial charge in [-0.25, -0.2) is 4.39 Å². The molecule has 18 heavy (non-hydrogen) atoms. The molecule has 0 aliphatic rings. The van der Waals surface area contributed by atoms with E-state index in [4.69, 9.17) is 0 Å². The van der Waals surface area contributed by atoms with Gasteiger partial charge in [-0.1, -0.05) is 6.07 Å². The fourth-order valence-electron chi connectivity index (χ4n) is 1.69. The molecule has 2 N–H and O–H groups in total. The summed E-state index contributed by atoms with van der Waals surface area (Å²) in [5.41, 5.74) is 1.97. The lowest BCUT2D eigenvalue weighted by atomic mass is 10.1. The molecule has 1 heterocycles. The van der Waals surface area contributed by atoms with Crippen molar-refractivity contribution >= 4 is 5.91 Å². The molecule has 0 bridgehead atoms. The summed E-state index contributed by atoms with van der Waals surface area (Å²) in [7, 11) is 0. The highest BCUT2D eigenvalue weighted by atomic mass is 19.1. The SMILES string of the molecule is Cc1ccc(F)cc1C(=O)NC(C)c1cn[nH]c1. The first kappa shape index (κ1) is 12.3. The van der Waals surface area contributed by atoms with E-state index >= 15 is 0 Å². The van der Waals surface area contributed by atoms with Gasteiger partial charge in [0, 0.05) is 17.3 Å². The van der Waals surface area contributed by atoms with E-state index in [0.29, 0.717) is 5.56 Å². The highest BCUT2D eigenvalue weighted by Gasteiger charge is 2.14. The van der Waals surface area contributed by atoms with Gasteiger partial charge < -0.3 is 5.32 Å². The molecule has 0 saturated heterocycles. The summed E-state index contributed by atoms with van der Waals surface area (Å²) in [6.45, 7) is 3.62. The molecule has 1 unspecified atom stereocenters. The van der Waals surface area contributed by atoms with Crippen molar-refractivity contribution in [1.29, 1.82) is 0 Å². The first-order valence-electron chi connectivity index (χ1n) is 5.63. The number of hydrogen-bond acceptors (Lipinski definition) is 2. The van der Waals surface area contributed by atoms with Crippen LogP contribution in [0.3, 0.4) is 0 Å². The zero-order chi connectivity index (χ0) is 13.1. The third-order valence-corrected chi connectivity index (χ3v) is 2.81. The molecule has 4 nitrogen and oxygen atoms in total. The van der Waals surface area contributed by atoms with E-state index in [2.05, 4.69) is 15.5 Å².